The number of carbonyl (C=O) groups is 4. The van der Waals surface area contributed by atoms with Crippen molar-refractivity contribution in [2.24, 2.45) is 11.8 Å². The minimum Gasteiger partial charge on any atom is -0.489 e. The molecule has 1 aromatic rings. The van der Waals surface area contributed by atoms with Crippen LogP contribution in [0.3, 0.4) is 0 Å². The van der Waals surface area contributed by atoms with Crippen LogP contribution in [0, 0.1) is 11.8 Å². The van der Waals surface area contributed by atoms with Gasteiger partial charge in [0, 0.05) is 50.7 Å². The molecule has 4 heterocycles. The van der Waals surface area contributed by atoms with Gasteiger partial charge in [-0.2, -0.15) is 0 Å². The van der Waals surface area contributed by atoms with Crippen LogP contribution in [0.1, 0.15) is 88.1 Å². The van der Waals surface area contributed by atoms with Crippen molar-refractivity contribution in [1.29, 1.82) is 0 Å². The van der Waals surface area contributed by atoms with Crippen LogP contribution in [0.4, 0.5) is 4.79 Å². The van der Waals surface area contributed by atoms with Crippen LogP contribution in [0.15, 0.2) is 18.2 Å². The third-order valence-corrected chi connectivity index (χ3v) is 9.72. The standard InChI is InChI=1S/C32H44N4O6/c1-32(2,3)42-31(40)34-14-12-20(13-15-34)22-17-35(18-22)25-6-4-5-7-27(25)41-23-8-9-24-21(16-23)19-36(30(24)39)26-10-11-28(37)33-29(26)38/h8-9,16,20,22,25-27H,4-7,10-15,17-19H2,1-3H3,(H,33,37,38)/t25-,26?,27+/m0/s1. The zero-order valence-corrected chi connectivity index (χ0v) is 25.1. The van der Waals surface area contributed by atoms with E-state index in [1.807, 2.05) is 43.9 Å². The molecule has 4 fully saturated rings. The SMILES string of the molecule is CC(C)(C)OC(=O)N1CCC(C2CN([C@H]3CCCC[C@H]3Oc3ccc4c(c3)CN(C3CCC(=O)NC3=O)C4=O)C2)CC1. The maximum absolute atomic E-state index is 13.1. The van der Waals surface area contributed by atoms with E-state index < -0.39 is 17.6 Å². The lowest BCUT2D eigenvalue weighted by Crippen LogP contribution is -2.60. The lowest BCUT2D eigenvalue weighted by atomic mass is 9.77. The quantitative estimate of drug-likeness (QED) is 0.529. The molecular weight excluding hydrogens is 536 g/mol. The topological polar surface area (TPSA) is 108 Å². The molecule has 10 heteroatoms. The van der Waals surface area contributed by atoms with E-state index in [0.717, 1.165) is 69.6 Å². The average molecular weight is 581 g/mol. The van der Waals surface area contributed by atoms with E-state index in [1.165, 1.54) is 6.42 Å². The van der Waals surface area contributed by atoms with Gasteiger partial charge in [-0.05, 0) is 94.9 Å². The fourth-order valence-corrected chi connectivity index (χ4v) is 7.43. The molecular formula is C32H44N4O6. The van der Waals surface area contributed by atoms with Gasteiger partial charge in [0.05, 0.1) is 0 Å². The van der Waals surface area contributed by atoms with Crippen LogP contribution in [-0.2, 0) is 20.9 Å². The molecule has 1 saturated carbocycles. The van der Waals surface area contributed by atoms with Crippen LogP contribution in [0.25, 0.3) is 0 Å². The number of nitrogens with one attached hydrogen (secondary N) is 1. The van der Waals surface area contributed by atoms with E-state index >= 15 is 0 Å². The molecule has 3 saturated heterocycles. The van der Waals surface area contributed by atoms with E-state index in [0.29, 0.717) is 36.4 Å². The summed E-state index contributed by atoms with van der Waals surface area (Å²) >= 11 is 0. The zero-order chi connectivity index (χ0) is 29.6. The van der Waals surface area contributed by atoms with E-state index in [9.17, 15) is 19.2 Å². The molecule has 1 aromatic carbocycles. The number of benzene rings is 1. The molecule has 1 aliphatic carbocycles. The van der Waals surface area contributed by atoms with Crippen molar-refractivity contribution >= 4 is 23.8 Å². The van der Waals surface area contributed by atoms with Gasteiger partial charge in [-0.1, -0.05) is 6.42 Å². The second kappa shape index (κ2) is 11.5. The molecule has 228 valence electrons. The molecule has 10 nitrogen and oxygen atoms in total. The first-order valence-corrected chi connectivity index (χ1v) is 15.7. The molecule has 0 radical (unpaired) electrons. The predicted molar refractivity (Wildman–Crippen MR) is 155 cm³/mol. The van der Waals surface area contributed by atoms with Gasteiger partial charge in [0.15, 0.2) is 0 Å². The maximum Gasteiger partial charge on any atom is 0.410 e. The number of imide groups is 1. The smallest absolute Gasteiger partial charge is 0.410 e. The fraction of sp³-hybridized carbons (Fsp3) is 0.688. The van der Waals surface area contributed by atoms with Gasteiger partial charge in [0.2, 0.25) is 11.8 Å². The number of amides is 4. The van der Waals surface area contributed by atoms with Gasteiger partial charge in [-0.25, -0.2) is 4.79 Å². The van der Waals surface area contributed by atoms with Crippen molar-refractivity contribution in [3.05, 3.63) is 29.3 Å². The molecule has 4 amide bonds. The van der Waals surface area contributed by atoms with Crippen molar-refractivity contribution in [1.82, 2.24) is 20.0 Å². The van der Waals surface area contributed by atoms with E-state index in [1.54, 1.807) is 4.90 Å². The predicted octanol–water partition coefficient (Wildman–Crippen LogP) is 3.72. The maximum atomic E-state index is 13.1. The Labute approximate surface area is 248 Å². The van der Waals surface area contributed by atoms with Crippen LogP contribution < -0.4 is 10.1 Å². The Hall–Kier alpha value is -3.14. The van der Waals surface area contributed by atoms with Crippen molar-refractivity contribution in [3.63, 3.8) is 0 Å². The van der Waals surface area contributed by atoms with Gasteiger partial charge < -0.3 is 19.3 Å². The summed E-state index contributed by atoms with van der Waals surface area (Å²) in [4.78, 5) is 55.5. The first-order chi connectivity index (χ1) is 20.1. The lowest BCUT2D eigenvalue weighted by molar-refractivity contribution is -0.136. The van der Waals surface area contributed by atoms with Crippen molar-refractivity contribution in [2.45, 2.75) is 102 Å². The molecule has 42 heavy (non-hydrogen) atoms. The van der Waals surface area contributed by atoms with Crippen LogP contribution in [0.2, 0.25) is 0 Å². The van der Waals surface area contributed by atoms with E-state index in [4.69, 9.17) is 9.47 Å². The summed E-state index contributed by atoms with van der Waals surface area (Å²) in [6, 6.07) is 5.43. The summed E-state index contributed by atoms with van der Waals surface area (Å²) in [5.41, 5.74) is 1.01. The normalized spacial score (nSPS) is 27.9. The summed E-state index contributed by atoms with van der Waals surface area (Å²) in [7, 11) is 0. The van der Waals surface area contributed by atoms with Gasteiger partial charge in [-0.3, -0.25) is 24.6 Å². The number of ether oxygens (including phenoxy) is 2. The fourth-order valence-electron chi connectivity index (χ4n) is 7.43. The molecule has 5 aliphatic rings. The molecule has 0 bridgehead atoms. The molecule has 1 unspecified atom stereocenters. The zero-order valence-electron chi connectivity index (χ0n) is 25.1. The number of nitrogens with zero attached hydrogens (tertiary/aromatic N) is 3. The minimum absolute atomic E-state index is 0.107. The minimum atomic E-state index is -0.612. The van der Waals surface area contributed by atoms with Crippen molar-refractivity contribution < 1.29 is 28.7 Å². The number of rotatable bonds is 5. The second-order valence-electron chi connectivity index (χ2n) is 13.7. The number of carbonyl (C=O) groups excluding carboxylic acids is 4. The lowest BCUT2D eigenvalue weighted by Gasteiger charge is -2.51. The van der Waals surface area contributed by atoms with Crippen LogP contribution in [-0.4, -0.2) is 88.5 Å². The number of fused-ring (bicyclic) bond motifs is 1. The summed E-state index contributed by atoms with van der Waals surface area (Å²) in [5, 5.41) is 2.36. The van der Waals surface area contributed by atoms with Crippen molar-refractivity contribution in [3.8, 4) is 5.75 Å². The van der Waals surface area contributed by atoms with Gasteiger partial charge in [-0.15, -0.1) is 0 Å². The van der Waals surface area contributed by atoms with Gasteiger partial charge >= 0.3 is 6.09 Å². The van der Waals surface area contributed by atoms with Crippen LogP contribution >= 0.6 is 0 Å². The monoisotopic (exact) mass is 580 g/mol. The first kappa shape index (κ1) is 29.0. The third-order valence-electron chi connectivity index (χ3n) is 9.72. The summed E-state index contributed by atoms with van der Waals surface area (Å²) < 4.78 is 12.2. The second-order valence-corrected chi connectivity index (χ2v) is 13.7. The number of hydrogen-bond acceptors (Lipinski definition) is 7. The largest absolute Gasteiger partial charge is 0.489 e. The Morgan fingerprint density at radius 2 is 1.69 bits per heavy atom. The number of likely N-dealkylation sites (tertiary alicyclic amines) is 2. The highest BCUT2D eigenvalue weighted by Gasteiger charge is 2.43. The first-order valence-electron chi connectivity index (χ1n) is 15.7. The highest BCUT2D eigenvalue weighted by Crippen LogP contribution is 2.38. The van der Waals surface area contributed by atoms with Gasteiger partial charge in [0.1, 0.15) is 23.5 Å². The highest BCUT2D eigenvalue weighted by molar-refractivity contribution is 6.05. The summed E-state index contributed by atoms with van der Waals surface area (Å²) in [6.45, 7) is 9.79. The van der Waals surface area contributed by atoms with E-state index in [2.05, 4.69) is 10.2 Å². The number of hydrogen-bond donors (Lipinski definition) is 1. The van der Waals surface area contributed by atoms with E-state index in [-0.39, 0.29) is 30.4 Å². The molecule has 1 N–H and O–H groups in total. The molecule has 0 spiro atoms. The van der Waals surface area contributed by atoms with Crippen molar-refractivity contribution in [2.75, 3.05) is 26.2 Å². The Morgan fingerprint density at radius 1 is 0.952 bits per heavy atom. The number of piperidine rings is 2. The molecule has 0 aromatic heterocycles. The molecule has 6 rings (SSSR count). The highest BCUT2D eigenvalue weighted by atomic mass is 16.6. The summed E-state index contributed by atoms with van der Waals surface area (Å²) in [5.74, 6) is 1.24. The third kappa shape index (κ3) is 6.00. The Morgan fingerprint density at radius 3 is 2.40 bits per heavy atom. The summed E-state index contributed by atoms with van der Waals surface area (Å²) in [6.07, 6.45) is 7.08. The van der Waals surface area contributed by atoms with Gasteiger partial charge in [0.25, 0.3) is 5.91 Å². The average Bonchev–Trinajstić information content (AvgIpc) is 3.23. The Balaban J connectivity index is 1.02. The molecule has 3 atom stereocenters. The Bertz CT molecular complexity index is 1230. The molecule has 4 aliphatic heterocycles. The Kier molecular flexibility index (Phi) is 7.93. The van der Waals surface area contributed by atoms with Crippen LogP contribution in [0.5, 0.6) is 5.75 Å².